The maximum Gasteiger partial charge on any atom is 0.326 e. The lowest BCUT2D eigenvalue weighted by Gasteiger charge is -2.32. The van der Waals surface area contributed by atoms with E-state index < -0.39 is 66.9 Å². The molecule has 30 heavy (non-hydrogen) atoms. The Morgan fingerprint density at radius 2 is 1.60 bits per heavy atom. The summed E-state index contributed by atoms with van der Waals surface area (Å²) in [6.45, 7) is -0.132. The normalized spacial score (nSPS) is 23.1. The molecule has 0 aromatic heterocycles. The van der Waals surface area contributed by atoms with Gasteiger partial charge in [0.1, 0.15) is 24.2 Å². The van der Waals surface area contributed by atoms with Gasteiger partial charge in [0.05, 0.1) is 6.61 Å². The van der Waals surface area contributed by atoms with Gasteiger partial charge in [-0.3, -0.25) is 19.2 Å². The number of carboxylic acid groups (broad SMARTS) is 2. The molecule has 0 saturated carbocycles. The van der Waals surface area contributed by atoms with Crippen molar-refractivity contribution in [1.82, 2.24) is 15.1 Å². The van der Waals surface area contributed by atoms with Crippen molar-refractivity contribution in [3.8, 4) is 0 Å². The summed E-state index contributed by atoms with van der Waals surface area (Å²) >= 11 is 0. The second kappa shape index (κ2) is 10.3. The summed E-state index contributed by atoms with van der Waals surface area (Å²) in [7, 11) is 0. The fourth-order valence-corrected chi connectivity index (χ4v) is 3.85. The number of nitrogens with zero attached hydrogens (tertiary/aromatic N) is 2. The van der Waals surface area contributed by atoms with E-state index in [0.29, 0.717) is 32.2 Å². The molecular weight excluding hydrogens is 400 g/mol. The standard InChI is InChI=1S/C18H28N4O8/c19-10(9-23)15(26)20-11(5-6-14(24)25)16(27)21-7-1-3-12(21)17(28)22-8-2-4-13(22)18(29)30/h10-13,23H,1-9,19H2,(H,20,26)(H,24,25)(H,29,30). The monoisotopic (exact) mass is 428 g/mol. The fraction of sp³-hybridized carbons (Fsp3) is 0.722. The van der Waals surface area contributed by atoms with E-state index >= 15 is 0 Å². The highest BCUT2D eigenvalue weighted by atomic mass is 16.4. The summed E-state index contributed by atoms with van der Waals surface area (Å²) < 4.78 is 0. The fourth-order valence-electron chi connectivity index (χ4n) is 3.85. The van der Waals surface area contributed by atoms with Crippen molar-refractivity contribution in [3.05, 3.63) is 0 Å². The number of hydrogen-bond acceptors (Lipinski definition) is 7. The van der Waals surface area contributed by atoms with Crippen molar-refractivity contribution in [2.75, 3.05) is 19.7 Å². The second-order valence-corrected chi connectivity index (χ2v) is 7.50. The van der Waals surface area contributed by atoms with E-state index in [1.807, 2.05) is 0 Å². The topological polar surface area (TPSA) is 191 Å². The SMILES string of the molecule is NC(CO)C(=O)NC(CCC(=O)O)C(=O)N1CCCC1C(=O)N1CCCC1C(=O)O. The van der Waals surface area contributed by atoms with Crippen LogP contribution < -0.4 is 11.1 Å². The van der Waals surface area contributed by atoms with Crippen LogP contribution in [0.3, 0.4) is 0 Å². The number of aliphatic hydroxyl groups is 1. The predicted molar refractivity (Wildman–Crippen MR) is 101 cm³/mol. The zero-order valence-corrected chi connectivity index (χ0v) is 16.5. The van der Waals surface area contributed by atoms with Gasteiger partial charge in [0.15, 0.2) is 0 Å². The number of likely N-dealkylation sites (tertiary alicyclic amines) is 2. The molecule has 0 radical (unpaired) electrons. The van der Waals surface area contributed by atoms with Crippen LogP contribution >= 0.6 is 0 Å². The molecule has 2 heterocycles. The lowest BCUT2D eigenvalue weighted by molar-refractivity contribution is -0.152. The highest BCUT2D eigenvalue weighted by Gasteiger charge is 2.43. The molecule has 0 aromatic rings. The van der Waals surface area contributed by atoms with Crippen molar-refractivity contribution in [3.63, 3.8) is 0 Å². The number of rotatable bonds is 9. The van der Waals surface area contributed by atoms with Crippen LogP contribution in [0.4, 0.5) is 0 Å². The second-order valence-electron chi connectivity index (χ2n) is 7.50. The molecule has 12 heteroatoms. The highest BCUT2D eigenvalue weighted by molar-refractivity contribution is 5.95. The van der Waals surface area contributed by atoms with Crippen LogP contribution in [-0.2, 0) is 24.0 Å². The van der Waals surface area contributed by atoms with Gasteiger partial charge in [0.2, 0.25) is 17.7 Å². The number of nitrogens with two attached hydrogens (primary N) is 1. The maximum absolute atomic E-state index is 13.1. The minimum absolute atomic E-state index is 0.211. The van der Waals surface area contributed by atoms with Crippen LogP contribution in [0, 0.1) is 0 Å². The molecule has 2 fully saturated rings. The number of aliphatic hydroxyl groups excluding tert-OH is 1. The number of hydrogen-bond donors (Lipinski definition) is 5. The molecule has 4 atom stereocenters. The molecule has 4 unspecified atom stereocenters. The Labute approximate surface area is 173 Å². The Hall–Kier alpha value is -2.73. The van der Waals surface area contributed by atoms with Gasteiger partial charge in [-0.1, -0.05) is 0 Å². The summed E-state index contributed by atoms with van der Waals surface area (Å²) in [6, 6.07) is -4.30. The zero-order valence-electron chi connectivity index (χ0n) is 16.5. The average Bonchev–Trinajstić information content (AvgIpc) is 3.38. The van der Waals surface area contributed by atoms with Crippen LogP contribution in [0.15, 0.2) is 0 Å². The van der Waals surface area contributed by atoms with E-state index in [0.717, 1.165) is 0 Å². The first-order valence-corrected chi connectivity index (χ1v) is 9.89. The van der Waals surface area contributed by atoms with E-state index in [9.17, 15) is 29.1 Å². The largest absolute Gasteiger partial charge is 0.481 e. The van der Waals surface area contributed by atoms with E-state index in [4.69, 9.17) is 15.9 Å². The molecule has 2 aliphatic heterocycles. The van der Waals surface area contributed by atoms with Gasteiger partial charge in [-0.25, -0.2) is 4.79 Å². The number of aliphatic carboxylic acids is 2. The number of nitrogens with one attached hydrogen (secondary N) is 1. The van der Waals surface area contributed by atoms with E-state index in [1.165, 1.54) is 9.80 Å². The molecular formula is C18H28N4O8. The summed E-state index contributed by atoms with van der Waals surface area (Å²) in [6.07, 6.45) is 1.16. The molecule has 2 saturated heterocycles. The lowest BCUT2D eigenvalue weighted by Crippen LogP contribution is -2.57. The van der Waals surface area contributed by atoms with Crippen molar-refractivity contribution < 1.29 is 39.3 Å². The highest BCUT2D eigenvalue weighted by Crippen LogP contribution is 2.26. The van der Waals surface area contributed by atoms with E-state index in [2.05, 4.69) is 5.32 Å². The minimum Gasteiger partial charge on any atom is -0.481 e. The molecule has 2 aliphatic rings. The smallest absolute Gasteiger partial charge is 0.326 e. The Bertz CT molecular complexity index is 700. The average molecular weight is 428 g/mol. The van der Waals surface area contributed by atoms with Gasteiger partial charge < -0.3 is 36.2 Å². The van der Waals surface area contributed by atoms with Crippen LogP contribution in [0.5, 0.6) is 0 Å². The summed E-state index contributed by atoms with van der Waals surface area (Å²) in [5, 5.41) is 29.6. The van der Waals surface area contributed by atoms with Gasteiger partial charge >= 0.3 is 11.9 Å². The molecule has 0 aliphatic carbocycles. The van der Waals surface area contributed by atoms with E-state index in [1.54, 1.807) is 0 Å². The van der Waals surface area contributed by atoms with Gasteiger partial charge in [-0.05, 0) is 32.1 Å². The summed E-state index contributed by atoms with van der Waals surface area (Å²) in [5.41, 5.74) is 5.46. The number of amides is 3. The summed E-state index contributed by atoms with van der Waals surface area (Å²) in [4.78, 5) is 63.0. The quantitative estimate of drug-likeness (QED) is 0.269. The molecule has 0 bridgehead atoms. The molecule has 0 aromatic carbocycles. The predicted octanol–water partition coefficient (Wildman–Crippen LogP) is -2.28. The van der Waals surface area contributed by atoms with Crippen LogP contribution in [-0.4, -0.2) is 98.6 Å². The van der Waals surface area contributed by atoms with Gasteiger partial charge in [-0.15, -0.1) is 0 Å². The lowest BCUT2D eigenvalue weighted by atomic mass is 10.1. The van der Waals surface area contributed by atoms with Gasteiger partial charge in [-0.2, -0.15) is 0 Å². The molecule has 0 spiro atoms. The number of carbonyl (C=O) groups excluding carboxylic acids is 3. The molecule has 3 amide bonds. The Morgan fingerprint density at radius 3 is 2.17 bits per heavy atom. The first-order valence-electron chi connectivity index (χ1n) is 9.89. The van der Waals surface area contributed by atoms with E-state index in [-0.39, 0.29) is 13.0 Å². The van der Waals surface area contributed by atoms with Crippen molar-refractivity contribution in [2.24, 2.45) is 5.73 Å². The van der Waals surface area contributed by atoms with Crippen LogP contribution in [0.2, 0.25) is 0 Å². The van der Waals surface area contributed by atoms with Crippen molar-refractivity contribution in [1.29, 1.82) is 0 Å². The Balaban J connectivity index is 2.16. The summed E-state index contributed by atoms with van der Waals surface area (Å²) in [5.74, 6) is -4.16. The maximum atomic E-state index is 13.1. The third-order valence-electron chi connectivity index (χ3n) is 5.44. The first-order chi connectivity index (χ1) is 14.2. The molecule has 2 rings (SSSR count). The van der Waals surface area contributed by atoms with Gasteiger partial charge in [0.25, 0.3) is 0 Å². The Kier molecular flexibility index (Phi) is 8.12. The third-order valence-corrected chi connectivity index (χ3v) is 5.44. The molecule has 6 N–H and O–H groups in total. The van der Waals surface area contributed by atoms with Crippen LogP contribution in [0.1, 0.15) is 38.5 Å². The molecule has 12 nitrogen and oxygen atoms in total. The minimum atomic E-state index is -1.28. The Morgan fingerprint density at radius 1 is 1.00 bits per heavy atom. The molecule has 168 valence electrons. The number of carbonyl (C=O) groups is 5. The first kappa shape index (κ1) is 23.5. The van der Waals surface area contributed by atoms with Crippen molar-refractivity contribution >= 4 is 29.7 Å². The van der Waals surface area contributed by atoms with Crippen molar-refractivity contribution in [2.45, 2.75) is 62.7 Å². The number of carboxylic acids is 2. The van der Waals surface area contributed by atoms with Gasteiger partial charge in [0, 0.05) is 19.5 Å². The third kappa shape index (κ3) is 5.45. The zero-order chi connectivity index (χ0) is 22.4. The van der Waals surface area contributed by atoms with Crippen LogP contribution in [0.25, 0.3) is 0 Å².